The van der Waals surface area contributed by atoms with Crippen molar-refractivity contribution < 1.29 is 5.11 Å². The van der Waals surface area contributed by atoms with Crippen molar-refractivity contribution in [3.63, 3.8) is 0 Å². The zero-order valence-corrected chi connectivity index (χ0v) is 13.5. The number of aromatic hydroxyl groups is 1. The van der Waals surface area contributed by atoms with E-state index in [4.69, 9.17) is 16.6 Å². The molecule has 23 heavy (non-hydrogen) atoms. The van der Waals surface area contributed by atoms with E-state index >= 15 is 0 Å². The molecule has 5 heteroatoms. The minimum atomic E-state index is 0.301. The second-order valence-corrected chi connectivity index (χ2v) is 6.54. The standard InChI is InChI=1S/C18H18ClN3O/c19-16-11-17(21-18(20-16)14-1-2-14)22-9-7-13(8-10-22)12-3-5-15(23)6-4-12/h3-7,11,14,23H,1-2,8-10H2. The number of rotatable bonds is 3. The molecule has 1 saturated carbocycles. The lowest BCUT2D eigenvalue weighted by Gasteiger charge is -2.28. The van der Waals surface area contributed by atoms with Crippen LogP contribution in [0.15, 0.2) is 36.4 Å². The Morgan fingerprint density at radius 1 is 1.13 bits per heavy atom. The Bertz CT molecular complexity index is 753. The van der Waals surface area contributed by atoms with Crippen LogP contribution in [0.25, 0.3) is 5.57 Å². The van der Waals surface area contributed by atoms with Crippen LogP contribution >= 0.6 is 11.6 Å². The highest BCUT2D eigenvalue weighted by molar-refractivity contribution is 6.29. The average Bonchev–Trinajstić information content (AvgIpc) is 3.40. The van der Waals surface area contributed by atoms with Gasteiger partial charge in [0, 0.05) is 25.1 Å². The molecule has 0 amide bonds. The molecule has 1 aliphatic carbocycles. The first-order chi connectivity index (χ1) is 11.2. The number of hydrogen-bond donors (Lipinski definition) is 1. The van der Waals surface area contributed by atoms with Gasteiger partial charge in [-0.15, -0.1) is 0 Å². The van der Waals surface area contributed by atoms with Crippen LogP contribution in [0.1, 0.15) is 36.6 Å². The normalized spacial score (nSPS) is 18.0. The van der Waals surface area contributed by atoms with Crippen LogP contribution in [-0.4, -0.2) is 28.2 Å². The van der Waals surface area contributed by atoms with Gasteiger partial charge < -0.3 is 10.0 Å². The summed E-state index contributed by atoms with van der Waals surface area (Å²) in [5.74, 6) is 2.61. The monoisotopic (exact) mass is 327 g/mol. The van der Waals surface area contributed by atoms with Crippen molar-refractivity contribution in [3.05, 3.63) is 52.9 Å². The van der Waals surface area contributed by atoms with Crippen LogP contribution in [0.4, 0.5) is 5.82 Å². The summed E-state index contributed by atoms with van der Waals surface area (Å²) in [6, 6.07) is 9.24. The highest BCUT2D eigenvalue weighted by Gasteiger charge is 2.28. The molecule has 2 heterocycles. The van der Waals surface area contributed by atoms with E-state index in [1.807, 2.05) is 18.2 Å². The fourth-order valence-electron chi connectivity index (χ4n) is 2.92. The third-order valence-electron chi connectivity index (χ3n) is 4.41. The summed E-state index contributed by atoms with van der Waals surface area (Å²) in [4.78, 5) is 11.3. The summed E-state index contributed by atoms with van der Waals surface area (Å²) in [5.41, 5.74) is 2.48. The van der Waals surface area contributed by atoms with E-state index in [0.717, 1.165) is 31.2 Å². The second-order valence-electron chi connectivity index (χ2n) is 6.15. The third-order valence-corrected chi connectivity index (χ3v) is 4.61. The molecule has 4 nitrogen and oxygen atoms in total. The number of benzene rings is 1. The van der Waals surface area contributed by atoms with Gasteiger partial charge >= 0.3 is 0 Å². The molecule has 0 spiro atoms. The Morgan fingerprint density at radius 3 is 2.57 bits per heavy atom. The lowest BCUT2D eigenvalue weighted by Crippen LogP contribution is -2.29. The summed E-state index contributed by atoms with van der Waals surface area (Å²) in [5, 5.41) is 9.93. The molecule has 1 N–H and O–H groups in total. The van der Waals surface area contributed by atoms with Crippen molar-refractivity contribution in [2.75, 3.05) is 18.0 Å². The highest BCUT2D eigenvalue weighted by Crippen LogP contribution is 2.39. The van der Waals surface area contributed by atoms with Crippen LogP contribution in [0.3, 0.4) is 0 Å². The van der Waals surface area contributed by atoms with Crippen LogP contribution in [0, 0.1) is 0 Å². The molecule has 1 aliphatic heterocycles. The predicted molar refractivity (Wildman–Crippen MR) is 91.9 cm³/mol. The number of phenols is 1. The smallest absolute Gasteiger partial charge is 0.135 e. The second kappa shape index (κ2) is 5.85. The van der Waals surface area contributed by atoms with Gasteiger partial charge in [-0.3, -0.25) is 0 Å². The molecule has 1 aromatic carbocycles. The quantitative estimate of drug-likeness (QED) is 0.865. The third kappa shape index (κ3) is 3.17. The molecular formula is C18H18ClN3O. The van der Waals surface area contributed by atoms with Crippen LogP contribution in [0.5, 0.6) is 5.75 Å². The van der Waals surface area contributed by atoms with Gasteiger partial charge in [0.05, 0.1) is 0 Å². The maximum absolute atomic E-state index is 9.39. The van der Waals surface area contributed by atoms with Crippen molar-refractivity contribution in [1.29, 1.82) is 0 Å². The van der Waals surface area contributed by atoms with Crippen molar-refractivity contribution in [2.45, 2.75) is 25.2 Å². The number of phenolic OH excluding ortho intramolecular Hbond substituents is 1. The summed E-state index contributed by atoms with van der Waals surface area (Å²) in [6.45, 7) is 1.72. The number of anilines is 1. The van der Waals surface area contributed by atoms with Gasteiger partial charge in [0.2, 0.25) is 0 Å². The Kier molecular flexibility index (Phi) is 3.69. The fraction of sp³-hybridized carbons (Fsp3) is 0.333. The zero-order valence-electron chi connectivity index (χ0n) is 12.7. The number of aromatic nitrogens is 2. The van der Waals surface area contributed by atoms with E-state index in [1.165, 1.54) is 24.0 Å². The van der Waals surface area contributed by atoms with Gasteiger partial charge in [0.15, 0.2) is 0 Å². The maximum atomic E-state index is 9.39. The van der Waals surface area contributed by atoms with Gasteiger partial charge in [-0.2, -0.15) is 0 Å². The first-order valence-corrected chi connectivity index (χ1v) is 8.35. The van der Waals surface area contributed by atoms with Crippen molar-refractivity contribution >= 4 is 23.0 Å². The molecule has 118 valence electrons. The van der Waals surface area contributed by atoms with Gasteiger partial charge in [0.1, 0.15) is 22.5 Å². The molecule has 2 aliphatic rings. The Labute approximate surface area is 140 Å². The minimum Gasteiger partial charge on any atom is -0.508 e. The first kappa shape index (κ1) is 14.5. The van der Waals surface area contributed by atoms with E-state index in [9.17, 15) is 5.11 Å². The van der Waals surface area contributed by atoms with E-state index in [-0.39, 0.29) is 0 Å². The van der Waals surface area contributed by atoms with Crippen molar-refractivity contribution in [1.82, 2.24) is 9.97 Å². The Morgan fingerprint density at radius 2 is 1.91 bits per heavy atom. The van der Waals surface area contributed by atoms with Crippen molar-refractivity contribution in [2.24, 2.45) is 0 Å². The maximum Gasteiger partial charge on any atom is 0.135 e. The van der Waals surface area contributed by atoms with Crippen LogP contribution in [0.2, 0.25) is 5.15 Å². The summed E-state index contributed by atoms with van der Waals surface area (Å²) in [7, 11) is 0. The predicted octanol–water partition coefficient (Wildman–Crippen LogP) is 4.01. The molecule has 4 rings (SSSR count). The minimum absolute atomic E-state index is 0.301. The fourth-order valence-corrected chi connectivity index (χ4v) is 3.11. The van der Waals surface area contributed by atoms with E-state index in [1.54, 1.807) is 12.1 Å². The molecule has 0 radical (unpaired) electrons. The molecule has 1 fully saturated rings. The van der Waals surface area contributed by atoms with Gasteiger partial charge in [-0.05, 0) is 42.5 Å². The highest BCUT2D eigenvalue weighted by atomic mass is 35.5. The molecule has 0 unspecified atom stereocenters. The van der Waals surface area contributed by atoms with Crippen molar-refractivity contribution in [3.8, 4) is 5.75 Å². The summed E-state index contributed by atoms with van der Waals surface area (Å²) < 4.78 is 0. The molecule has 2 aromatic rings. The largest absolute Gasteiger partial charge is 0.508 e. The lowest BCUT2D eigenvalue weighted by molar-refractivity contribution is 0.475. The van der Waals surface area contributed by atoms with E-state index in [2.05, 4.69) is 16.0 Å². The first-order valence-electron chi connectivity index (χ1n) is 7.97. The number of halogens is 1. The zero-order chi connectivity index (χ0) is 15.8. The molecule has 1 aromatic heterocycles. The van der Waals surface area contributed by atoms with Gasteiger partial charge in [-0.25, -0.2) is 9.97 Å². The molecule has 0 saturated heterocycles. The van der Waals surface area contributed by atoms with Gasteiger partial charge in [0.25, 0.3) is 0 Å². The molecule has 0 bridgehead atoms. The average molecular weight is 328 g/mol. The van der Waals surface area contributed by atoms with E-state index < -0.39 is 0 Å². The van der Waals surface area contributed by atoms with Gasteiger partial charge in [-0.1, -0.05) is 29.8 Å². The SMILES string of the molecule is Oc1ccc(C2=CCN(c3cc(Cl)nc(C4CC4)n3)CC2)cc1. The molecule has 0 atom stereocenters. The lowest BCUT2D eigenvalue weighted by atomic mass is 9.99. The Balaban J connectivity index is 1.53. The number of hydrogen-bond acceptors (Lipinski definition) is 4. The van der Waals surface area contributed by atoms with Crippen LogP contribution in [-0.2, 0) is 0 Å². The summed E-state index contributed by atoms with van der Waals surface area (Å²) in [6.07, 6.45) is 5.52. The molecular weight excluding hydrogens is 310 g/mol. The topological polar surface area (TPSA) is 49.2 Å². The number of nitrogens with zero attached hydrogens (tertiary/aromatic N) is 3. The Hall–Kier alpha value is -2.07. The van der Waals surface area contributed by atoms with Crippen LogP contribution < -0.4 is 4.90 Å². The summed E-state index contributed by atoms with van der Waals surface area (Å²) >= 11 is 6.16. The van der Waals surface area contributed by atoms with E-state index in [0.29, 0.717) is 16.8 Å².